The third kappa shape index (κ3) is 5.48. The minimum atomic E-state index is -0.693. The van der Waals surface area contributed by atoms with E-state index in [0.717, 1.165) is 16.7 Å². The monoisotopic (exact) mass is 569 g/mol. The third-order valence-electron chi connectivity index (χ3n) is 6.41. The van der Waals surface area contributed by atoms with Gasteiger partial charge >= 0.3 is 5.97 Å². The molecule has 0 fully saturated rings. The summed E-state index contributed by atoms with van der Waals surface area (Å²) in [6.07, 6.45) is 1.79. The number of aromatic nitrogens is 1. The van der Waals surface area contributed by atoms with Gasteiger partial charge in [-0.15, -0.1) is 0 Å². The van der Waals surface area contributed by atoms with Crippen molar-refractivity contribution in [3.05, 3.63) is 131 Å². The van der Waals surface area contributed by atoms with Crippen molar-refractivity contribution >= 4 is 35.0 Å². The van der Waals surface area contributed by atoms with E-state index in [2.05, 4.69) is 11.1 Å². The largest absolute Gasteiger partial charge is 0.489 e. The number of benzene rings is 3. The summed E-state index contributed by atoms with van der Waals surface area (Å²) in [5.74, 6) is 0.134. The molecule has 4 aromatic rings. The maximum Gasteiger partial charge on any atom is 0.338 e. The van der Waals surface area contributed by atoms with Gasteiger partial charge in [0.25, 0.3) is 5.56 Å². The molecule has 0 radical (unpaired) electrons. The number of allylic oxidation sites excluding steroid dienone is 1. The summed E-state index contributed by atoms with van der Waals surface area (Å²) in [6, 6.07) is 23.2. The summed E-state index contributed by atoms with van der Waals surface area (Å²) in [7, 11) is 0. The maximum atomic E-state index is 13.7. The lowest BCUT2D eigenvalue weighted by Crippen LogP contribution is -2.39. The molecule has 1 aromatic heterocycles. The third-order valence-corrected chi connectivity index (χ3v) is 7.65. The molecule has 1 aliphatic heterocycles. The molecule has 0 bridgehead atoms. The first kappa shape index (κ1) is 27.1. The predicted octanol–water partition coefficient (Wildman–Crippen LogP) is 4.90. The lowest BCUT2D eigenvalue weighted by Gasteiger charge is -2.24. The van der Waals surface area contributed by atoms with Gasteiger partial charge in [-0.05, 0) is 61.4 Å². The first-order valence-corrected chi connectivity index (χ1v) is 13.7. The standard InChI is InChI=1S/C31H24ClN3O4S/c1-3-38-30(37)27-19(2)34-31-35(28(27)21-10-12-24(32)13-11-21)29(36)26(40-31)16-20-8-14-25(15-9-20)39-18-23-7-5-4-6-22(23)17-33/h4-16,28H,3,18H2,1-2H3/b26-16+/t28-/m1/s1. The molecule has 0 unspecified atom stereocenters. The maximum absolute atomic E-state index is 13.7. The molecular weight excluding hydrogens is 546 g/mol. The van der Waals surface area contributed by atoms with Crippen LogP contribution in [0.3, 0.4) is 0 Å². The zero-order valence-corrected chi connectivity index (χ0v) is 23.3. The molecule has 1 aliphatic rings. The Hall–Kier alpha value is -4.45. The minimum absolute atomic E-state index is 0.206. The second kappa shape index (κ2) is 11.7. The first-order chi connectivity index (χ1) is 19.4. The van der Waals surface area contributed by atoms with E-state index in [4.69, 9.17) is 21.1 Å². The number of hydrogen-bond acceptors (Lipinski definition) is 7. The Morgan fingerprint density at radius 1 is 1.12 bits per heavy atom. The number of nitriles is 1. The van der Waals surface area contributed by atoms with Gasteiger partial charge in [-0.25, -0.2) is 9.79 Å². The zero-order chi connectivity index (χ0) is 28.2. The summed E-state index contributed by atoms with van der Waals surface area (Å²) in [5.41, 5.74) is 3.49. The van der Waals surface area contributed by atoms with Gasteiger partial charge in [0.15, 0.2) is 4.80 Å². The number of carbonyl (C=O) groups excluding carboxylic acids is 1. The molecule has 3 aromatic carbocycles. The molecule has 1 atom stereocenters. The van der Waals surface area contributed by atoms with Gasteiger partial charge in [0.1, 0.15) is 12.4 Å². The highest BCUT2D eigenvalue weighted by molar-refractivity contribution is 7.07. The van der Waals surface area contributed by atoms with Crippen LogP contribution in [0.15, 0.2) is 93.9 Å². The second-order valence-electron chi connectivity index (χ2n) is 8.98. The molecule has 5 rings (SSSR count). The molecule has 0 aliphatic carbocycles. The normalized spacial score (nSPS) is 14.8. The molecule has 2 heterocycles. The molecule has 200 valence electrons. The highest BCUT2D eigenvalue weighted by atomic mass is 35.5. The number of rotatable bonds is 7. The van der Waals surface area contributed by atoms with Gasteiger partial charge in [0.2, 0.25) is 0 Å². The van der Waals surface area contributed by atoms with E-state index in [1.807, 2.05) is 42.5 Å². The van der Waals surface area contributed by atoms with Crippen molar-refractivity contribution in [2.45, 2.75) is 26.5 Å². The van der Waals surface area contributed by atoms with Gasteiger partial charge in [-0.3, -0.25) is 9.36 Å². The van der Waals surface area contributed by atoms with Gasteiger partial charge in [-0.1, -0.05) is 65.4 Å². The van der Waals surface area contributed by atoms with Crippen LogP contribution in [0.4, 0.5) is 0 Å². The summed E-state index contributed by atoms with van der Waals surface area (Å²) in [6.45, 7) is 3.97. The predicted molar refractivity (Wildman–Crippen MR) is 154 cm³/mol. The Labute approximate surface area is 239 Å². The van der Waals surface area contributed by atoms with Crippen LogP contribution in [-0.4, -0.2) is 17.1 Å². The van der Waals surface area contributed by atoms with E-state index in [1.54, 1.807) is 54.8 Å². The number of esters is 1. The number of ether oxygens (including phenoxy) is 2. The van der Waals surface area contributed by atoms with E-state index in [9.17, 15) is 14.9 Å². The Kier molecular flexibility index (Phi) is 7.96. The Bertz CT molecular complexity index is 1830. The zero-order valence-electron chi connectivity index (χ0n) is 21.8. The van der Waals surface area contributed by atoms with Gasteiger partial charge in [0.05, 0.1) is 40.1 Å². The summed E-state index contributed by atoms with van der Waals surface area (Å²) < 4.78 is 13.2. The summed E-state index contributed by atoms with van der Waals surface area (Å²) >= 11 is 7.37. The average Bonchev–Trinajstić information content (AvgIpc) is 3.26. The summed E-state index contributed by atoms with van der Waals surface area (Å²) in [4.78, 5) is 31.8. The fourth-order valence-electron chi connectivity index (χ4n) is 4.48. The number of thiazole rings is 1. The molecule has 40 heavy (non-hydrogen) atoms. The Balaban J connectivity index is 1.49. The number of halogens is 1. The van der Waals surface area contributed by atoms with Gasteiger partial charge in [0, 0.05) is 10.6 Å². The number of hydrogen-bond donors (Lipinski definition) is 0. The molecule has 7 nitrogen and oxygen atoms in total. The molecular formula is C31H24ClN3O4S. The van der Waals surface area contributed by atoms with Crippen LogP contribution in [0, 0.1) is 11.3 Å². The molecule has 9 heteroatoms. The number of carbonyl (C=O) groups is 1. The SMILES string of the molecule is CCOC(=O)C1=C(C)N=c2s/c(=C/c3ccc(OCc4ccccc4C#N)cc3)c(=O)n2[C@@H]1c1ccc(Cl)cc1. The van der Waals surface area contributed by atoms with Crippen LogP contribution in [0.1, 0.15) is 42.1 Å². The van der Waals surface area contributed by atoms with Crippen molar-refractivity contribution in [1.29, 1.82) is 5.26 Å². The Morgan fingerprint density at radius 2 is 1.85 bits per heavy atom. The van der Waals surface area contributed by atoms with E-state index >= 15 is 0 Å². The van der Waals surface area contributed by atoms with Gasteiger partial charge in [-0.2, -0.15) is 5.26 Å². The fourth-order valence-corrected chi connectivity index (χ4v) is 5.65. The second-order valence-corrected chi connectivity index (χ2v) is 10.4. The van der Waals surface area contributed by atoms with Crippen molar-refractivity contribution in [3.8, 4) is 11.8 Å². The van der Waals surface area contributed by atoms with Crippen LogP contribution < -0.4 is 19.6 Å². The average molecular weight is 570 g/mol. The van der Waals surface area contributed by atoms with E-state index in [1.165, 1.54) is 11.3 Å². The first-order valence-electron chi connectivity index (χ1n) is 12.6. The van der Waals surface area contributed by atoms with Crippen molar-refractivity contribution in [2.75, 3.05) is 6.61 Å². The highest BCUT2D eigenvalue weighted by Gasteiger charge is 2.33. The van der Waals surface area contributed by atoms with E-state index in [-0.39, 0.29) is 18.8 Å². The molecule has 0 saturated heterocycles. The van der Waals surface area contributed by atoms with Crippen molar-refractivity contribution < 1.29 is 14.3 Å². The molecule has 0 N–H and O–H groups in total. The number of nitrogens with zero attached hydrogens (tertiary/aromatic N) is 3. The molecule has 0 saturated carbocycles. The minimum Gasteiger partial charge on any atom is -0.489 e. The highest BCUT2D eigenvalue weighted by Crippen LogP contribution is 2.31. The van der Waals surface area contributed by atoms with E-state index < -0.39 is 12.0 Å². The topological polar surface area (TPSA) is 93.7 Å². The van der Waals surface area contributed by atoms with Crippen molar-refractivity contribution in [3.63, 3.8) is 0 Å². The van der Waals surface area contributed by atoms with E-state index in [0.29, 0.717) is 36.9 Å². The van der Waals surface area contributed by atoms with Crippen LogP contribution in [0.5, 0.6) is 5.75 Å². The van der Waals surface area contributed by atoms with Crippen molar-refractivity contribution in [1.82, 2.24) is 4.57 Å². The van der Waals surface area contributed by atoms with Crippen molar-refractivity contribution in [2.24, 2.45) is 4.99 Å². The van der Waals surface area contributed by atoms with Crippen LogP contribution >= 0.6 is 22.9 Å². The van der Waals surface area contributed by atoms with Gasteiger partial charge < -0.3 is 9.47 Å². The smallest absolute Gasteiger partial charge is 0.338 e. The lowest BCUT2D eigenvalue weighted by molar-refractivity contribution is -0.139. The Morgan fingerprint density at radius 3 is 2.55 bits per heavy atom. The fraction of sp³-hybridized carbons (Fsp3) is 0.161. The van der Waals surface area contributed by atoms with Crippen LogP contribution in [0.25, 0.3) is 6.08 Å². The quantitative estimate of drug-likeness (QED) is 0.295. The lowest BCUT2D eigenvalue weighted by atomic mass is 9.96. The molecule has 0 amide bonds. The molecule has 0 spiro atoms. The van der Waals surface area contributed by atoms with Crippen LogP contribution in [-0.2, 0) is 16.1 Å². The number of fused-ring (bicyclic) bond motifs is 1. The summed E-state index contributed by atoms with van der Waals surface area (Å²) in [5, 5.41) is 9.83. The van der Waals surface area contributed by atoms with Crippen LogP contribution in [0.2, 0.25) is 5.02 Å².